The second-order valence-electron chi connectivity index (χ2n) is 5.73. The van der Waals surface area contributed by atoms with Crippen molar-refractivity contribution in [3.63, 3.8) is 0 Å². The summed E-state index contributed by atoms with van der Waals surface area (Å²) in [6, 6.07) is 7.06. The minimum Gasteiger partial charge on any atom is -0.492 e. The van der Waals surface area contributed by atoms with Gasteiger partial charge in [-0.1, -0.05) is 12.1 Å². The van der Waals surface area contributed by atoms with Crippen LogP contribution in [0.5, 0.6) is 5.75 Å². The summed E-state index contributed by atoms with van der Waals surface area (Å²) >= 11 is 0. The van der Waals surface area contributed by atoms with E-state index in [0.29, 0.717) is 13.2 Å². The van der Waals surface area contributed by atoms with Gasteiger partial charge in [-0.2, -0.15) is 0 Å². The predicted octanol–water partition coefficient (Wildman–Crippen LogP) is 0.831. The van der Waals surface area contributed by atoms with E-state index in [2.05, 4.69) is 10.2 Å². The van der Waals surface area contributed by atoms with Crippen molar-refractivity contribution in [3.8, 4) is 5.75 Å². The number of hydrogen-bond donors (Lipinski definition) is 2. The summed E-state index contributed by atoms with van der Waals surface area (Å²) in [6.45, 7) is 5.63. The monoisotopic (exact) mass is 409 g/mol. The van der Waals surface area contributed by atoms with Crippen molar-refractivity contribution in [1.82, 2.24) is 10.2 Å². The lowest BCUT2D eigenvalue weighted by molar-refractivity contribution is -0.123. The molecule has 0 radical (unpaired) electrons. The largest absolute Gasteiger partial charge is 0.492 e. The van der Waals surface area contributed by atoms with E-state index in [-0.39, 0.29) is 37.3 Å². The van der Waals surface area contributed by atoms with E-state index in [1.807, 2.05) is 24.3 Å². The topological polar surface area (TPSA) is 86.0 Å². The molecule has 26 heavy (non-hydrogen) atoms. The molecule has 1 aliphatic heterocycles. The van der Waals surface area contributed by atoms with Gasteiger partial charge in [0.2, 0.25) is 5.91 Å². The Bertz CT molecular complexity index is 517. The molecule has 7 nitrogen and oxygen atoms in total. The van der Waals surface area contributed by atoms with E-state index in [1.54, 1.807) is 0 Å². The number of hydrogen-bond acceptors (Lipinski definition) is 6. The first-order valence-corrected chi connectivity index (χ1v) is 8.23. The standard InChI is InChI=1S/C17H27N3O4.2ClH/c1-22-13-16(18)17(21)19-12-14-3-2-4-15(11-14)24-10-7-20-5-8-23-9-6-20;;/h2-4,11,16H,5-10,12-13,18H2,1H3,(H,19,21);2*1H. The van der Waals surface area contributed by atoms with Crippen LogP contribution in [0.4, 0.5) is 0 Å². The summed E-state index contributed by atoms with van der Waals surface area (Å²) in [6.07, 6.45) is 0. The highest BCUT2D eigenvalue weighted by Crippen LogP contribution is 2.13. The zero-order valence-corrected chi connectivity index (χ0v) is 16.7. The fourth-order valence-electron chi connectivity index (χ4n) is 2.44. The SMILES string of the molecule is COCC(N)C(=O)NCc1cccc(OCCN2CCOCC2)c1.Cl.Cl. The molecule has 0 spiro atoms. The summed E-state index contributed by atoms with van der Waals surface area (Å²) in [5.41, 5.74) is 6.65. The van der Waals surface area contributed by atoms with Crippen LogP contribution in [-0.4, -0.2) is 70.0 Å². The lowest BCUT2D eigenvalue weighted by Gasteiger charge is -2.26. The summed E-state index contributed by atoms with van der Waals surface area (Å²) in [5, 5.41) is 2.80. The Kier molecular flexibility index (Phi) is 13.4. The number of carbonyl (C=O) groups is 1. The van der Waals surface area contributed by atoms with Crippen molar-refractivity contribution in [2.75, 3.05) is 53.2 Å². The lowest BCUT2D eigenvalue weighted by Crippen LogP contribution is -2.43. The quantitative estimate of drug-likeness (QED) is 0.628. The normalized spacial score (nSPS) is 15.3. The Morgan fingerprint density at radius 3 is 2.77 bits per heavy atom. The summed E-state index contributed by atoms with van der Waals surface area (Å²) in [4.78, 5) is 14.1. The molecular formula is C17H29Cl2N3O4. The van der Waals surface area contributed by atoms with Crippen molar-refractivity contribution in [2.45, 2.75) is 12.6 Å². The molecule has 0 aliphatic carbocycles. The maximum Gasteiger partial charge on any atom is 0.239 e. The lowest BCUT2D eigenvalue weighted by atomic mass is 10.2. The molecule has 1 atom stereocenters. The van der Waals surface area contributed by atoms with Crippen LogP contribution in [0.2, 0.25) is 0 Å². The van der Waals surface area contributed by atoms with Crippen LogP contribution in [0.15, 0.2) is 24.3 Å². The second-order valence-corrected chi connectivity index (χ2v) is 5.73. The molecule has 150 valence electrons. The third-order valence-corrected chi connectivity index (χ3v) is 3.83. The predicted molar refractivity (Wildman–Crippen MR) is 105 cm³/mol. The van der Waals surface area contributed by atoms with Crippen molar-refractivity contribution >= 4 is 30.7 Å². The van der Waals surface area contributed by atoms with Crippen molar-refractivity contribution in [2.24, 2.45) is 5.73 Å². The minimum absolute atomic E-state index is 0. The first-order chi connectivity index (χ1) is 11.7. The van der Waals surface area contributed by atoms with Gasteiger partial charge in [-0.05, 0) is 17.7 Å². The average molecular weight is 410 g/mol. The van der Waals surface area contributed by atoms with Gasteiger partial charge in [0.1, 0.15) is 18.4 Å². The van der Waals surface area contributed by atoms with E-state index in [4.69, 9.17) is 19.9 Å². The number of halogens is 2. The van der Waals surface area contributed by atoms with E-state index >= 15 is 0 Å². The Morgan fingerprint density at radius 1 is 1.35 bits per heavy atom. The van der Waals surface area contributed by atoms with Crippen LogP contribution < -0.4 is 15.8 Å². The maximum atomic E-state index is 11.8. The van der Waals surface area contributed by atoms with Gasteiger partial charge >= 0.3 is 0 Å². The summed E-state index contributed by atoms with van der Waals surface area (Å²) in [5.74, 6) is 0.576. The number of rotatable bonds is 9. The molecule has 3 N–H and O–H groups in total. The molecule has 0 saturated carbocycles. The molecule has 2 rings (SSSR count). The first-order valence-electron chi connectivity index (χ1n) is 8.23. The fraction of sp³-hybridized carbons (Fsp3) is 0.588. The number of methoxy groups -OCH3 is 1. The van der Waals surface area contributed by atoms with Crippen LogP contribution in [-0.2, 0) is 20.8 Å². The van der Waals surface area contributed by atoms with Gasteiger partial charge in [-0.15, -0.1) is 24.8 Å². The number of nitrogens with zero attached hydrogens (tertiary/aromatic N) is 1. The molecule has 1 heterocycles. The van der Waals surface area contributed by atoms with Crippen molar-refractivity contribution in [1.29, 1.82) is 0 Å². The number of morpholine rings is 1. The Labute approximate surface area is 167 Å². The number of nitrogens with one attached hydrogen (secondary N) is 1. The summed E-state index contributed by atoms with van der Waals surface area (Å²) < 4.78 is 16.0. The Balaban J connectivity index is 0.00000312. The molecule has 1 aromatic rings. The zero-order valence-electron chi connectivity index (χ0n) is 15.0. The third-order valence-electron chi connectivity index (χ3n) is 3.83. The zero-order chi connectivity index (χ0) is 17.2. The van der Waals surface area contributed by atoms with Crippen molar-refractivity contribution in [3.05, 3.63) is 29.8 Å². The molecule has 1 unspecified atom stereocenters. The maximum absolute atomic E-state index is 11.8. The number of carbonyl (C=O) groups excluding carboxylic acids is 1. The summed E-state index contributed by atoms with van der Waals surface area (Å²) in [7, 11) is 1.52. The highest BCUT2D eigenvalue weighted by atomic mass is 35.5. The van der Waals surface area contributed by atoms with E-state index in [0.717, 1.165) is 44.2 Å². The highest BCUT2D eigenvalue weighted by Gasteiger charge is 2.12. The molecule has 1 aliphatic rings. The van der Waals surface area contributed by atoms with Crippen LogP contribution in [0.1, 0.15) is 5.56 Å². The molecule has 1 amide bonds. The molecule has 0 bridgehead atoms. The molecule has 1 fully saturated rings. The third kappa shape index (κ3) is 9.02. The van der Waals surface area contributed by atoms with Crippen LogP contribution in [0.3, 0.4) is 0 Å². The van der Waals surface area contributed by atoms with Gasteiger partial charge < -0.3 is 25.3 Å². The van der Waals surface area contributed by atoms with Gasteiger partial charge in [0.25, 0.3) is 0 Å². The number of ether oxygens (including phenoxy) is 3. The van der Waals surface area contributed by atoms with E-state index in [9.17, 15) is 4.79 Å². The van der Waals surface area contributed by atoms with E-state index in [1.165, 1.54) is 7.11 Å². The average Bonchev–Trinajstić information content (AvgIpc) is 2.61. The van der Waals surface area contributed by atoms with Crippen molar-refractivity contribution < 1.29 is 19.0 Å². The second kappa shape index (κ2) is 14.0. The van der Waals surface area contributed by atoms with Gasteiger partial charge in [-0.3, -0.25) is 9.69 Å². The fourth-order valence-corrected chi connectivity index (χ4v) is 2.44. The molecule has 0 aromatic heterocycles. The molecule has 1 saturated heterocycles. The van der Waals surface area contributed by atoms with E-state index < -0.39 is 6.04 Å². The minimum atomic E-state index is -0.650. The highest BCUT2D eigenvalue weighted by molar-refractivity contribution is 5.85. The first kappa shape index (κ1) is 24.9. The van der Waals surface area contributed by atoms with Gasteiger partial charge in [-0.25, -0.2) is 0 Å². The Hall–Kier alpha value is -1.09. The van der Waals surface area contributed by atoms with Gasteiger partial charge in [0, 0.05) is 33.3 Å². The van der Waals surface area contributed by atoms with Gasteiger partial charge in [0.05, 0.1) is 19.8 Å². The number of benzene rings is 1. The molecule has 1 aromatic carbocycles. The van der Waals surface area contributed by atoms with Crippen LogP contribution in [0.25, 0.3) is 0 Å². The molecular weight excluding hydrogens is 381 g/mol. The van der Waals surface area contributed by atoms with Crippen LogP contribution in [0, 0.1) is 0 Å². The number of nitrogens with two attached hydrogens (primary N) is 1. The van der Waals surface area contributed by atoms with Gasteiger partial charge in [0.15, 0.2) is 0 Å². The Morgan fingerprint density at radius 2 is 2.08 bits per heavy atom. The smallest absolute Gasteiger partial charge is 0.239 e. The van der Waals surface area contributed by atoms with Crippen LogP contribution >= 0.6 is 24.8 Å². The number of amides is 1. The molecule has 9 heteroatoms.